The first kappa shape index (κ1) is 20.3. The van der Waals surface area contributed by atoms with E-state index in [2.05, 4.69) is 69.0 Å². The lowest BCUT2D eigenvalue weighted by molar-refractivity contribution is -0.115. The van der Waals surface area contributed by atoms with Crippen LogP contribution in [0.3, 0.4) is 0 Å². The van der Waals surface area contributed by atoms with E-state index in [9.17, 15) is 4.79 Å². The van der Waals surface area contributed by atoms with E-state index in [-0.39, 0.29) is 15.4 Å². The van der Waals surface area contributed by atoms with Crippen LogP contribution in [-0.4, -0.2) is 16.4 Å². The maximum Gasteiger partial charge on any atom is 0.228 e. The van der Waals surface area contributed by atoms with Crippen LogP contribution in [0.25, 0.3) is 0 Å². The Kier molecular flexibility index (Phi) is 6.27. The number of nitrogens with one attached hydrogen (secondary N) is 1. The average molecular weight is 400 g/mol. The molecule has 1 N–H and O–H groups in total. The second-order valence-electron chi connectivity index (χ2n) is 8.09. The normalized spacial score (nSPS) is 15.4. The van der Waals surface area contributed by atoms with E-state index in [1.54, 1.807) is 0 Å². The van der Waals surface area contributed by atoms with Crippen LogP contribution in [0.15, 0.2) is 53.4 Å². The lowest BCUT2D eigenvalue weighted by Gasteiger charge is -2.26. The minimum Gasteiger partial charge on any atom is -0.326 e. The zero-order chi connectivity index (χ0) is 19.5. The van der Waals surface area contributed by atoms with E-state index in [1.165, 1.54) is 23.3 Å². The number of hydrogen-bond donors (Lipinski definition) is 1. The van der Waals surface area contributed by atoms with E-state index in [4.69, 9.17) is 0 Å². The number of anilines is 1. The Morgan fingerprint density at radius 3 is 2.19 bits per heavy atom. The van der Waals surface area contributed by atoms with Crippen molar-refractivity contribution >= 4 is 35.1 Å². The molecule has 2 aromatic rings. The molecule has 1 saturated carbocycles. The molecule has 2 nitrogen and oxygen atoms in total. The molecule has 0 atom stereocenters. The number of carbonyl (C=O) groups is 1. The summed E-state index contributed by atoms with van der Waals surface area (Å²) in [5.74, 6) is 1.09. The summed E-state index contributed by atoms with van der Waals surface area (Å²) in [5.41, 5.74) is 3.30. The number of hydrogen-bond acceptors (Lipinski definition) is 3. The van der Waals surface area contributed by atoms with Gasteiger partial charge in [0.2, 0.25) is 5.91 Å². The third kappa shape index (κ3) is 5.79. The van der Waals surface area contributed by atoms with Crippen LogP contribution < -0.4 is 5.32 Å². The van der Waals surface area contributed by atoms with E-state index in [1.807, 2.05) is 36.0 Å². The van der Waals surface area contributed by atoms with Crippen molar-refractivity contribution in [3.8, 4) is 0 Å². The lowest BCUT2D eigenvalue weighted by Crippen LogP contribution is -2.16. The summed E-state index contributed by atoms with van der Waals surface area (Å²) in [4.78, 5) is 13.6. The third-order valence-electron chi connectivity index (χ3n) is 4.50. The van der Waals surface area contributed by atoms with Gasteiger partial charge in [-0.3, -0.25) is 4.79 Å². The number of benzene rings is 2. The van der Waals surface area contributed by atoms with Gasteiger partial charge < -0.3 is 5.32 Å². The minimum absolute atomic E-state index is 0.0313. The monoisotopic (exact) mass is 399 g/mol. The number of thioether (sulfide) groups is 2. The van der Waals surface area contributed by atoms with Crippen LogP contribution in [-0.2, 0) is 16.0 Å². The van der Waals surface area contributed by atoms with E-state index < -0.39 is 0 Å². The molecule has 0 radical (unpaired) electrons. The summed E-state index contributed by atoms with van der Waals surface area (Å²) < 4.78 is 0.535. The van der Waals surface area contributed by atoms with Crippen molar-refractivity contribution in [2.75, 3.05) is 11.1 Å². The highest BCUT2D eigenvalue weighted by Crippen LogP contribution is 2.60. The molecule has 0 saturated heterocycles. The fourth-order valence-electron chi connectivity index (χ4n) is 3.27. The highest BCUT2D eigenvalue weighted by Gasteiger charge is 2.47. The second kappa shape index (κ2) is 8.32. The first-order valence-corrected chi connectivity index (χ1v) is 11.4. The van der Waals surface area contributed by atoms with Gasteiger partial charge in [0, 0.05) is 20.1 Å². The SMILES string of the molecule is CCSc1ccc(CC(=O)Nc2ccc(C3(SC(C)(C)C)CC3)cc2)cc1. The Bertz CT molecular complexity index is 772. The van der Waals surface area contributed by atoms with Gasteiger partial charge in [-0.1, -0.05) is 52.0 Å². The Labute approximate surface area is 171 Å². The zero-order valence-electron chi connectivity index (χ0n) is 16.7. The topological polar surface area (TPSA) is 29.1 Å². The lowest BCUT2D eigenvalue weighted by atomic mass is 10.1. The molecule has 4 heteroatoms. The quantitative estimate of drug-likeness (QED) is 0.539. The van der Waals surface area contributed by atoms with Crippen LogP contribution in [0.4, 0.5) is 5.69 Å². The molecule has 2 aromatic carbocycles. The molecule has 1 fully saturated rings. The van der Waals surface area contributed by atoms with Crippen molar-refractivity contribution in [3.05, 3.63) is 59.7 Å². The molecule has 0 unspecified atom stereocenters. The first-order chi connectivity index (χ1) is 12.8. The van der Waals surface area contributed by atoms with Crippen molar-refractivity contribution in [1.82, 2.24) is 0 Å². The highest BCUT2D eigenvalue weighted by molar-refractivity contribution is 8.01. The highest BCUT2D eigenvalue weighted by atomic mass is 32.2. The van der Waals surface area contributed by atoms with E-state index in [0.717, 1.165) is 17.0 Å². The van der Waals surface area contributed by atoms with Gasteiger partial charge in [0.1, 0.15) is 0 Å². The Morgan fingerprint density at radius 2 is 1.67 bits per heavy atom. The summed E-state index contributed by atoms with van der Waals surface area (Å²) in [6.07, 6.45) is 2.89. The van der Waals surface area contributed by atoms with Gasteiger partial charge in [-0.25, -0.2) is 0 Å². The van der Waals surface area contributed by atoms with Crippen molar-refractivity contribution < 1.29 is 4.79 Å². The van der Waals surface area contributed by atoms with Crippen molar-refractivity contribution in [2.24, 2.45) is 0 Å². The molecule has 0 aromatic heterocycles. The largest absolute Gasteiger partial charge is 0.326 e. The van der Waals surface area contributed by atoms with Gasteiger partial charge in [0.25, 0.3) is 0 Å². The third-order valence-corrected chi connectivity index (χ3v) is 7.04. The van der Waals surface area contributed by atoms with Gasteiger partial charge >= 0.3 is 0 Å². The van der Waals surface area contributed by atoms with Gasteiger partial charge in [-0.05, 0) is 54.0 Å². The molecule has 1 amide bonds. The van der Waals surface area contributed by atoms with Crippen LogP contribution in [0.5, 0.6) is 0 Å². The predicted molar refractivity (Wildman–Crippen MR) is 120 cm³/mol. The Hall–Kier alpha value is -1.39. The standard InChI is InChI=1S/C23H29NOS2/c1-5-26-20-12-6-17(7-13-20)16-21(25)24-19-10-8-18(9-11-19)23(14-15-23)27-22(2,3)4/h6-13H,5,14-16H2,1-4H3,(H,24,25). The maximum atomic E-state index is 12.4. The summed E-state index contributed by atoms with van der Waals surface area (Å²) in [5, 5.41) is 3.03. The molecule has 3 rings (SSSR count). The Balaban J connectivity index is 1.57. The van der Waals surface area contributed by atoms with Gasteiger partial charge in [0.15, 0.2) is 0 Å². The van der Waals surface area contributed by atoms with Crippen molar-refractivity contribution in [2.45, 2.75) is 61.3 Å². The molecule has 0 bridgehead atoms. The van der Waals surface area contributed by atoms with Gasteiger partial charge in [-0.2, -0.15) is 0 Å². The Morgan fingerprint density at radius 1 is 1.04 bits per heavy atom. The predicted octanol–water partition coefficient (Wildman–Crippen LogP) is 6.50. The second-order valence-corrected chi connectivity index (χ2v) is 11.6. The van der Waals surface area contributed by atoms with Crippen molar-refractivity contribution in [1.29, 1.82) is 0 Å². The molecular formula is C23H29NOS2. The van der Waals surface area contributed by atoms with Gasteiger partial charge in [0.05, 0.1) is 6.42 Å². The molecule has 1 aliphatic carbocycles. The summed E-state index contributed by atoms with van der Waals surface area (Å²) in [6.45, 7) is 8.98. The fourth-order valence-corrected chi connectivity index (χ4v) is 5.66. The summed E-state index contributed by atoms with van der Waals surface area (Å²) in [7, 11) is 0. The average Bonchev–Trinajstić information content (AvgIpc) is 3.36. The molecule has 0 aliphatic heterocycles. The molecule has 0 spiro atoms. The van der Waals surface area contributed by atoms with Gasteiger partial charge in [-0.15, -0.1) is 23.5 Å². The zero-order valence-corrected chi connectivity index (χ0v) is 18.3. The van der Waals surface area contributed by atoms with E-state index >= 15 is 0 Å². The fraction of sp³-hybridized carbons (Fsp3) is 0.435. The first-order valence-electron chi connectivity index (χ1n) is 9.62. The molecule has 1 aliphatic rings. The molecular weight excluding hydrogens is 370 g/mol. The smallest absolute Gasteiger partial charge is 0.228 e. The number of amides is 1. The van der Waals surface area contributed by atoms with Crippen molar-refractivity contribution in [3.63, 3.8) is 0 Å². The maximum absolute atomic E-state index is 12.4. The van der Waals surface area contributed by atoms with E-state index in [0.29, 0.717) is 6.42 Å². The summed E-state index contributed by atoms with van der Waals surface area (Å²) in [6, 6.07) is 16.7. The molecule has 144 valence electrons. The van der Waals surface area contributed by atoms with Crippen LogP contribution in [0.2, 0.25) is 0 Å². The minimum atomic E-state index is 0.0313. The van der Waals surface area contributed by atoms with Crippen LogP contribution in [0, 0.1) is 0 Å². The number of rotatable bonds is 7. The number of carbonyl (C=O) groups excluding carboxylic acids is 1. The summed E-state index contributed by atoms with van der Waals surface area (Å²) >= 11 is 3.87. The molecule has 27 heavy (non-hydrogen) atoms. The van der Waals surface area contributed by atoms with Crippen LogP contribution >= 0.6 is 23.5 Å². The molecule has 0 heterocycles. The van der Waals surface area contributed by atoms with Crippen LogP contribution in [0.1, 0.15) is 51.7 Å².